The first-order chi connectivity index (χ1) is 8.07. The van der Waals surface area contributed by atoms with Crippen LogP contribution in [0.15, 0.2) is 18.2 Å². The van der Waals surface area contributed by atoms with Crippen LogP contribution in [0.3, 0.4) is 0 Å². The van der Waals surface area contributed by atoms with Crippen LogP contribution in [0.2, 0.25) is 10.0 Å². The van der Waals surface area contributed by atoms with Crippen LogP contribution >= 0.6 is 35.6 Å². The van der Waals surface area contributed by atoms with Crippen molar-refractivity contribution in [3.8, 4) is 0 Å². The zero-order valence-corrected chi connectivity index (χ0v) is 12.9. The third kappa shape index (κ3) is 3.14. The molecule has 1 aromatic rings. The topological polar surface area (TPSA) is 26.0 Å². The van der Waals surface area contributed by atoms with Gasteiger partial charge in [0.1, 0.15) is 0 Å². The van der Waals surface area contributed by atoms with Crippen molar-refractivity contribution in [1.82, 2.24) is 0 Å². The minimum atomic E-state index is 0. The Hall–Kier alpha value is 0.0500. The quantitative estimate of drug-likeness (QED) is 0.835. The highest BCUT2D eigenvalue weighted by atomic mass is 35.5. The normalized spacial score (nSPS) is 18.7. The summed E-state index contributed by atoms with van der Waals surface area (Å²) < 4.78 is 0. The Balaban J connectivity index is 0.00000162. The Morgan fingerprint density at radius 3 is 2.39 bits per heavy atom. The average Bonchev–Trinajstić information content (AvgIpc) is 2.27. The number of nitrogens with two attached hydrogens (primary N) is 1. The lowest BCUT2D eigenvalue weighted by Crippen LogP contribution is -2.40. The number of hydrogen-bond donors (Lipinski definition) is 1. The molecule has 1 saturated carbocycles. The van der Waals surface area contributed by atoms with Gasteiger partial charge in [-0.2, -0.15) is 0 Å². The van der Waals surface area contributed by atoms with Crippen LogP contribution in [0.5, 0.6) is 0 Å². The first-order valence-corrected chi connectivity index (χ1v) is 7.04. The summed E-state index contributed by atoms with van der Waals surface area (Å²) >= 11 is 12.1. The van der Waals surface area contributed by atoms with E-state index < -0.39 is 0 Å². The fourth-order valence-corrected chi connectivity index (χ4v) is 2.98. The number of rotatable bonds is 4. The monoisotopic (exact) mass is 307 g/mol. The zero-order chi connectivity index (χ0) is 12.5. The molecule has 2 N–H and O–H groups in total. The van der Waals surface area contributed by atoms with E-state index in [1.54, 1.807) is 0 Å². The Bertz CT molecular complexity index is 402. The summed E-state index contributed by atoms with van der Waals surface area (Å²) in [5, 5.41) is 1.28. The molecule has 1 atom stereocenters. The smallest absolute Gasteiger partial charge is 0.0595 e. The molecule has 1 nitrogen and oxygen atoms in total. The Morgan fingerprint density at radius 2 is 1.94 bits per heavy atom. The van der Waals surface area contributed by atoms with Gasteiger partial charge in [0.05, 0.1) is 10.0 Å². The van der Waals surface area contributed by atoms with E-state index in [0.29, 0.717) is 10.0 Å². The van der Waals surface area contributed by atoms with Gasteiger partial charge in [-0.1, -0.05) is 42.6 Å². The summed E-state index contributed by atoms with van der Waals surface area (Å²) in [5.74, 6) is 0. The van der Waals surface area contributed by atoms with Crippen LogP contribution < -0.4 is 5.73 Å². The average molecular weight is 309 g/mol. The second-order valence-corrected chi connectivity index (χ2v) is 5.95. The molecule has 4 heteroatoms. The molecule has 1 aliphatic rings. The van der Waals surface area contributed by atoms with E-state index in [9.17, 15) is 0 Å². The van der Waals surface area contributed by atoms with Crippen LogP contribution in [-0.2, 0) is 5.41 Å². The van der Waals surface area contributed by atoms with Gasteiger partial charge in [0.25, 0.3) is 0 Å². The largest absolute Gasteiger partial charge is 0.328 e. The van der Waals surface area contributed by atoms with E-state index in [2.05, 4.69) is 13.0 Å². The van der Waals surface area contributed by atoms with E-state index in [4.69, 9.17) is 28.9 Å². The van der Waals surface area contributed by atoms with Crippen molar-refractivity contribution in [2.75, 3.05) is 0 Å². The highest BCUT2D eigenvalue weighted by Crippen LogP contribution is 2.48. The van der Waals surface area contributed by atoms with Gasteiger partial charge in [-0.25, -0.2) is 0 Å². The van der Waals surface area contributed by atoms with Gasteiger partial charge >= 0.3 is 0 Å². The first kappa shape index (κ1) is 16.1. The predicted octanol–water partition coefficient (Wildman–Crippen LogP) is 4.96. The van der Waals surface area contributed by atoms with Crippen molar-refractivity contribution >= 4 is 35.6 Å². The maximum atomic E-state index is 6.11. The van der Waals surface area contributed by atoms with Gasteiger partial charge in [0.2, 0.25) is 0 Å². The molecular formula is C14H20Cl3N. The lowest BCUT2D eigenvalue weighted by Gasteiger charge is -2.44. The van der Waals surface area contributed by atoms with Crippen molar-refractivity contribution in [3.05, 3.63) is 33.8 Å². The molecule has 0 amide bonds. The Morgan fingerprint density at radius 1 is 1.28 bits per heavy atom. The van der Waals surface area contributed by atoms with Gasteiger partial charge in [-0.15, -0.1) is 12.4 Å². The molecule has 0 aliphatic heterocycles. The summed E-state index contributed by atoms with van der Waals surface area (Å²) in [6, 6.07) is 6.31. The maximum Gasteiger partial charge on any atom is 0.0595 e. The van der Waals surface area contributed by atoms with E-state index in [1.807, 2.05) is 12.1 Å². The molecule has 0 saturated heterocycles. The van der Waals surface area contributed by atoms with Gasteiger partial charge in [0, 0.05) is 6.04 Å². The van der Waals surface area contributed by atoms with E-state index in [-0.39, 0.29) is 23.9 Å². The predicted molar refractivity (Wildman–Crippen MR) is 82.1 cm³/mol. The molecule has 1 aliphatic carbocycles. The van der Waals surface area contributed by atoms with Gasteiger partial charge in [-0.3, -0.25) is 0 Å². The van der Waals surface area contributed by atoms with Crippen LogP contribution in [0.1, 0.15) is 44.6 Å². The molecule has 0 spiro atoms. The molecule has 0 bridgehead atoms. The SMILES string of the molecule is CCC(N)CC1(c2ccc(Cl)c(Cl)c2)CCC1.Cl. The van der Waals surface area contributed by atoms with Gasteiger partial charge < -0.3 is 5.73 Å². The highest BCUT2D eigenvalue weighted by Gasteiger charge is 2.39. The van der Waals surface area contributed by atoms with E-state index in [0.717, 1.165) is 12.8 Å². The molecule has 1 aromatic carbocycles. The lowest BCUT2D eigenvalue weighted by atomic mass is 9.61. The zero-order valence-electron chi connectivity index (χ0n) is 10.6. The summed E-state index contributed by atoms with van der Waals surface area (Å²) in [6.45, 7) is 2.14. The van der Waals surface area contributed by atoms with Crippen molar-refractivity contribution in [2.24, 2.45) is 5.73 Å². The van der Waals surface area contributed by atoms with Gasteiger partial charge in [0.15, 0.2) is 0 Å². The third-order valence-corrected chi connectivity index (χ3v) is 4.76. The van der Waals surface area contributed by atoms with E-state index in [1.165, 1.54) is 24.8 Å². The minimum absolute atomic E-state index is 0. The molecule has 0 heterocycles. The summed E-state index contributed by atoms with van der Waals surface area (Å²) in [6.07, 6.45) is 5.82. The molecule has 18 heavy (non-hydrogen) atoms. The molecule has 0 aromatic heterocycles. The summed E-state index contributed by atoms with van der Waals surface area (Å²) in [7, 11) is 0. The number of benzene rings is 1. The number of hydrogen-bond acceptors (Lipinski definition) is 1. The second kappa shape index (κ2) is 6.47. The molecule has 2 rings (SSSR count). The van der Waals surface area contributed by atoms with Crippen molar-refractivity contribution in [1.29, 1.82) is 0 Å². The summed E-state index contributed by atoms with van der Waals surface area (Å²) in [5.41, 5.74) is 7.68. The standard InChI is InChI=1S/C14H19Cl2N.ClH/c1-2-11(17)9-14(6-3-7-14)10-4-5-12(15)13(16)8-10;/h4-5,8,11H,2-3,6-7,9,17H2,1H3;1H. The van der Waals surface area contributed by atoms with Crippen molar-refractivity contribution in [3.63, 3.8) is 0 Å². The molecular weight excluding hydrogens is 289 g/mol. The Kier molecular flexibility index (Phi) is 5.79. The molecule has 102 valence electrons. The highest BCUT2D eigenvalue weighted by molar-refractivity contribution is 6.42. The van der Waals surface area contributed by atoms with Crippen LogP contribution in [-0.4, -0.2) is 6.04 Å². The summed E-state index contributed by atoms with van der Waals surface area (Å²) in [4.78, 5) is 0. The lowest BCUT2D eigenvalue weighted by molar-refractivity contribution is 0.208. The molecule has 1 unspecified atom stereocenters. The molecule has 0 radical (unpaired) electrons. The van der Waals surface area contributed by atoms with Crippen LogP contribution in [0, 0.1) is 0 Å². The van der Waals surface area contributed by atoms with Crippen molar-refractivity contribution in [2.45, 2.75) is 50.5 Å². The van der Waals surface area contributed by atoms with Crippen molar-refractivity contribution < 1.29 is 0 Å². The first-order valence-electron chi connectivity index (χ1n) is 6.28. The maximum absolute atomic E-state index is 6.11. The minimum Gasteiger partial charge on any atom is -0.328 e. The van der Waals surface area contributed by atoms with E-state index >= 15 is 0 Å². The van der Waals surface area contributed by atoms with Crippen LogP contribution in [0.25, 0.3) is 0 Å². The number of halogens is 3. The second-order valence-electron chi connectivity index (χ2n) is 5.14. The van der Waals surface area contributed by atoms with Gasteiger partial charge in [-0.05, 0) is 48.8 Å². The van der Waals surface area contributed by atoms with Crippen LogP contribution in [0.4, 0.5) is 0 Å². The fraction of sp³-hybridized carbons (Fsp3) is 0.571. The third-order valence-electron chi connectivity index (χ3n) is 4.02. The fourth-order valence-electron chi connectivity index (χ4n) is 2.69. The Labute approximate surface area is 125 Å². The molecule has 1 fully saturated rings.